The Kier molecular flexibility index (Phi) is 8.56. The summed E-state index contributed by atoms with van der Waals surface area (Å²) < 4.78 is 38.3. The van der Waals surface area contributed by atoms with Crippen LogP contribution in [-0.4, -0.2) is 31.1 Å². The van der Waals surface area contributed by atoms with Gasteiger partial charge in [-0.2, -0.15) is 13.2 Å². The van der Waals surface area contributed by atoms with Gasteiger partial charge in [0.25, 0.3) is 0 Å². The van der Waals surface area contributed by atoms with E-state index >= 15 is 0 Å². The molecular formula is C23H30ClF3N2. The molecule has 0 spiro atoms. The Morgan fingerprint density at radius 1 is 0.931 bits per heavy atom. The lowest BCUT2D eigenvalue weighted by Crippen LogP contribution is -2.46. The van der Waals surface area contributed by atoms with Crippen LogP contribution in [0.4, 0.5) is 13.2 Å². The quantitative estimate of drug-likeness (QED) is 0.593. The van der Waals surface area contributed by atoms with Crippen molar-refractivity contribution in [3.63, 3.8) is 0 Å². The molecule has 2 atom stereocenters. The summed E-state index contributed by atoms with van der Waals surface area (Å²) in [6.45, 7) is 8.65. The third-order valence-corrected chi connectivity index (χ3v) is 5.63. The molecule has 1 heterocycles. The predicted octanol–water partition coefficient (Wildman–Crippen LogP) is 6.18. The number of piperazine rings is 1. The summed E-state index contributed by atoms with van der Waals surface area (Å²) in [5.74, 6) is 0.556. The summed E-state index contributed by atoms with van der Waals surface area (Å²) in [6, 6.07) is 14.1. The van der Waals surface area contributed by atoms with Crippen molar-refractivity contribution in [1.29, 1.82) is 0 Å². The van der Waals surface area contributed by atoms with Gasteiger partial charge in [0.2, 0.25) is 0 Å². The summed E-state index contributed by atoms with van der Waals surface area (Å²) in [6.07, 6.45) is -1.96. The highest BCUT2D eigenvalue weighted by atomic mass is 35.5. The molecule has 1 N–H and O–H groups in total. The molecule has 1 aliphatic heterocycles. The number of halogens is 4. The van der Waals surface area contributed by atoms with Crippen LogP contribution in [0.5, 0.6) is 0 Å². The highest BCUT2D eigenvalue weighted by Gasteiger charge is 2.30. The van der Waals surface area contributed by atoms with E-state index in [-0.39, 0.29) is 12.4 Å². The average Bonchev–Trinajstić information content (AvgIpc) is 2.69. The second kappa shape index (κ2) is 10.5. The first kappa shape index (κ1) is 23.7. The monoisotopic (exact) mass is 426 g/mol. The van der Waals surface area contributed by atoms with Crippen molar-refractivity contribution in [3.05, 3.63) is 59.7 Å². The Morgan fingerprint density at radius 3 is 1.93 bits per heavy atom. The smallest absolute Gasteiger partial charge is 0.314 e. The number of benzene rings is 2. The lowest BCUT2D eigenvalue weighted by atomic mass is 9.88. The summed E-state index contributed by atoms with van der Waals surface area (Å²) in [5, 5.41) is 3.42. The molecule has 2 aromatic rings. The van der Waals surface area contributed by atoms with E-state index in [0.717, 1.165) is 55.9 Å². The van der Waals surface area contributed by atoms with Crippen LogP contribution in [0.2, 0.25) is 0 Å². The van der Waals surface area contributed by atoms with Crippen molar-refractivity contribution in [3.8, 4) is 11.1 Å². The minimum atomic E-state index is -4.30. The first-order chi connectivity index (χ1) is 13.4. The normalized spacial score (nSPS) is 17.4. The molecule has 0 radical (unpaired) electrons. The van der Waals surface area contributed by atoms with Gasteiger partial charge in [0.05, 0.1) is 5.56 Å². The van der Waals surface area contributed by atoms with Gasteiger partial charge in [0.15, 0.2) is 0 Å². The Bertz CT molecular complexity index is 738. The third-order valence-electron chi connectivity index (χ3n) is 5.63. The maximum absolute atomic E-state index is 12.8. The zero-order valence-corrected chi connectivity index (χ0v) is 17.8. The molecular weight excluding hydrogens is 397 g/mol. The number of alkyl halides is 3. The van der Waals surface area contributed by atoms with Gasteiger partial charge in [-0.15, -0.1) is 12.4 Å². The van der Waals surface area contributed by atoms with E-state index in [9.17, 15) is 13.2 Å². The largest absolute Gasteiger partial charge is 0.416 e. The van der Waals surface area contributed by atoms with Crippen LogP contribution >= 0.6 is 12.4 Å². The van der Waals surface area contributed by atoms with Crippen LogP contribution in [-0.2, 0) is 6.18 Å². The maximum Gasteiger partial charge on any atom is 0.416 e. The van der Waals surface area contributed by atoms with E-state index in [1.807, 2.05) is 12.1 Å². The van der Waals surface area contributed by atoms with Crippen molar-refractivity contribution in [2.45, 2.75) is 38.9 Å². The van der Waals surface area contributed by atoms with Gasteiger partial charge in [-0.3, -0.25) is 4.90 Å². The van der Waals surface area contributed by atoms with Gasteiger partial charge in [0, 0.05) is 32.2 Å². The highest BCUT2D eigenvalue weighted by molar-refractivity contribution is 5.85. The van der Waals surface area contributed by atoms with Crippen LogP contribution in [0.25, 0.3) is 11.1 Å². The van der Waals surface area contributed by atoms with Gasteiger partial charge < -0.3 is 5.32 Å². The molecule has 1 unspecified atom stereocenters. The van der Waals surface area contributed by atoms with Gasteiger partial charge in [0.1, 0.15) is 0 Å². The number of hydrogen-bond acceptors (Lipinski definition) is 2. The Morgan fingerprint density at radius 2 is 1.45 bits per heavy atom. The van der Waals surface area contributed by atoms with E-state index in [4.69, 9.17) is 0 Å². The van der Waals surface area contributed by atoms with Crippen molar-refractivity contribution in [2.24, 2.45) is 5.92 Å². The molecule has 1 fully saturated rings. The number of nitrogens with one attached hydrogen (secondary N) is 1. The number of rotatable bonds is 6. The number of hydrogen-bond donors (Lipinski definition) is 1. The van der Waals surface area contributed by atoms with E-state index in [1.54, 1.807) is 12.1 Å². The van der Waals surface area contributed by atoms with Crippen LogP contribution < -0.4 is 5.32 Å². The molecule has 2 aromatic carbocycles. The van der Waals surface area contributed by atoms with Crippen LogP contribution in [0.15, 0.2) is 48.5 Å². The van der Waals surface area contributed by atoms with E-state index in [0.29, 0.717) is 12.0 Å². The fourth-order valence-electron chi connectivity index (χ4n) is 4.20. The first-order valence-corrected chi connectivity index (χ1v) is 10.1. The fourth-order valence-corrected chi connectivity index (χ4v) is 4.20. The van der Waals surface area contributed by atoms with E-state index in [2.05, 4.69) is 36.2 Å². The summed E-state index contributed by atoms with van der Waals surface area (Å²) in [4.78, 5) is 2.56. The molecule has 0 aromatic heterocycles. The topological polar surface area (TPSA) is 15.3 Å². The average molecular weight is 427 g/mol. The minimum Gasteiger partial charge on any atom is -0.314 e. The molecule has 0 amide bonds. The van der Waals surface area contributed by atoms with Gasteiger partial charge in [-0.05, 0) is 41.2 Å². The minimum absolute atomic E-state index is 0. The molecule has 160 valence electrons. The highest BCUT2D eigenvalue weighted by Crippen LogP contribution is 2.34. The molecule has 1 aliphatic rings. The lowest BCUT2D eigenvalue weighted by molar-refractivity contribution is -0.137. The van der Waals surface area contributed by atoms with Crippen molar-refractivity contribution >= 4 is 12.4 Å². The Labute approximate surface area is 177 Å². The molecule has 2 nitrogen and oxygen atoms in total. The fraction of sp³-hybridized carbons (Fsp3) is 0.478. The molecule has 1 saturated heterocycles. The molecule has 3 rings (SSSR count). The SMILES string of the molecule is CCCC(C)[C@H](c1ccc(-c2ccc(C(F)(F)F)cc2)cc1)N1CCNCC1.Cl. The van der Waals surface area contributed by atoms with Gasteiger partial charge in [-0.25, -0.2) is 0 Å². The number of nitrogens with zero attached hydrogens (tertiary/aromatic N) is 1. The third kappa shape index (κ3) is 5.97. The molecule has 29 heavy (non-hydrogen) atoms. The summed E-state index contributed by atoms with van der Waals surface area (Å²) in [5.41, 5.74) is 2.43. The van der Waals surface area contributed by atoms with E-state index in [1.165, 1.54) is 12.0 Å². The second-order valence-corrected chi connectivity index (χ2v) is 7.69. The maximum atomic E-state index is 12.8. The standard InChI is InChI=1S/C23H29F3N2.ClH/c1-3-4-17(2)22(28-15-13-27-14-16-28)20-7-5-18(6-8-20)19-9-11-21(12-10-19)23(24,25)26;/h5-12,17,22,27H,3-4,13-16H2,1-2H3;1H/t17?,22-;/m1./s1. The molecule has 6 heteroatoms. The molecule has 0 bridgehead atoms. The van der Waals surface area contributed by atoms with Gasteiger partial charge in [-0.1, -0.05) is 56.7 Å². The van der Waals surface area contributed by atoms with Crippen molar-refractivity contribution in [2.75, 3.05) is 26.2 Å². The zero-order valence-electron chi connectivity index (χ0n) is 17.0. The second-order valence-electron chi connectivity index (χ2n) is 7.69. The Hall–Kier alpha value is -1.56. The van der Waals surface area contributed by atoms with Crippen LogP contribution in [0.3, 0.4) is 0 Å². The molecule has 0 saturated carbocycles. The predicted molar refractivity (Wildman–Crippen MR) is 115 cm³/mol. The van der Waals surface area contributed by atoms with Crippen molar-refractivity contribution < 1.29 is 13.2 Å². The van der Waals surface area contributed by atoms with Crippen LogP contribution in [0, 0.1) is 5.92 Å². The summed E-state index contributed by atoms with van der Waals surface area (Å²) >= 11 is 0. The van der Waals surface area contributed by atoms with Crippen LogP contribution in [0.1, 0.15) is 43.9 Å². The van der Waals surface area contributed by atoms with E-state index < -0.39 is 11.7 Å². The molecule has 0 aliphatic carbocycles. The Balaban J connectivity index is 0.00000300. The first-order valence-electron chi connectivity index (χ1n) is 10.1. The zero-order chi connectivity index (χ0) is 20.1. The van der Waals surface area contributed by atoms with Gasteiger partial charge >= 0.3 is 6.18 Å². The lowest BCUT2D eigenvalue weighted by Gasteiger charge is -2.38. The van der Waals surface area contributed by atoms with Crippen molar-refractivity contribution in [1.82, 2.24) is 10.2 Å². The summed E-state index contributed by atoms with van der Waals surface area (Å²) in [7, 11) is 0.